The number of carbonyl (C=O) groups is 1. The summed E-state index contributed by atoms with van der Waals surface area (Å²) in [7, 11) is 1.61. The summed E-state index contributed by atoms with van der Waals surface area (Å²) in [6.45, 7) is 1.05. The first-order valence-corrected chi connectivity index (χ1v) is 5.74. The summed E-state index contributed by atoms with van der Waals surface area (Å²) in [6.07, 6.45) is 0.642. The van der Waals surface area contributed by atoms with Gasteiger partial charge in [-0.15, -0.1) is 0 Å². The van der Waals surface area contributed by atoms with Gasteiger partial charge in [0.2, 0.25) is 5.91 Å². The van der Waals surface area contributed by atoms with Gasteiger partial charge in [-0.1, -0.05) is 30.3 Å². The fraction of sp³-hybridized carbons (Fsp3) is 0.417. The van der Waals surface area contributed by atoms with Crippen LogP contribution in [0.4, 0.5) is 0 Å². The molecule has 0 fully saturated rings. The third-order valence-electron chi connectivity index (χ3n) is 2.18. The monoisotopic (exact) mass is 239 g/mol. The van der Waals surface area contributed by atoms with Crippen LogP contribution in [0, 0.1) is 0 Å². The van der Waals surface area contributed by atoms with Crippen LogP contribution in [-0.2, 0) is 16.0 Å². The second-order valence-corrected chi connectivity index (χ2v) is 4.11. The van der Waals surface area contributed by atoms with Crippen molar-refractivity contribution < 1.29 is 9.53 Å². The highest BCUT2D eigenvalue weighted by Crippen LogP contribution is 2.07. The Bertz CT molecular complexity index is 316. The van der Waals surface area contributed by atoms with E-state index in [2.05, 4.69) is 17.9 Å². The lowest BCUT2D eigenvalue weighted by atomic mass is 10.1. The number of benzene rings is 1. The van der Waals surface area contributed by atoms with E-state index < -0.39 is 0 Å². The molecule has 0 spiro atoms. The largest absolute Gasteiger partial charge is 0.383 e. The molecule has 1 unspecified atom stereocenters. The molecule has 0 heterocycles. The molecule has 16 heavy (non-hydrogen) atoms. The van der Waals surface area contributed by atoms with Gasteiger partial charge in [0.1, 0.15) is 0 Å². The Labute approximate surface area is 102 Å². The number of nitrogens with one attached hydrogen (secondary N) is 1. The maximum absolute atomic E-state index is 11.6. The Balaban J connectivity index is 2.34. The normalized spacial score (nSPS) is 12.1. The standard InChI is InChI=1S/C12H17NO2S/c1-15-8-7-13-12(14)11(16)9-10-5-3-2-4-6-10/h2-6,11,16H,7-9H2,1H3,(H,13,14). The average Bonchev–Trinajstić information content (AvgIpc) is 2.30. The van der Waals surface area contributed by atoms with E-state index in [0.717, 1.165) is 5.56 Å². The molecule has 4 heteroatoms. The Kier molecular flexibility index (Phi) is 5.96. The van der Waals surface area contributed by atoms with Crippen LogP contribution in [0.5, 0.6) is 0 Å². The molecule has 0 bridgehead atoms. The third-order valence-corrected chi connectivity index (χ3v) is 2.60. The molecule has 1 amide bonds. The van der Waals surface area contributed by atoms with Crippen molar-refractivity contribution in [3.05, 3.63) is 35.9 Å². The summed E-state index contributed by atoms with van der Waals surface area (Å²) in [4.78, 5) is 11.6. The summed E-state index contributed by atoms with van der Waals surface area (Å²) in [5, 5.41) is 2.46. The molecule has 1 atom stereocenters. The highest BCUT2D eigenvalue weighted by Gasteiger charge is 2.13. The van der Waals surface area contributed by atoms with Gasteiger partial charge in [0.25, 0.3) is 0 Å². The topological polar surface area (TPSA) is 38.3 Å². The van der Waals surface area contributed by atoms with Crippen molar-refractivity contribution in [3.63, 3.8) is 0 Å². The van der Waals surface area contributed by atoms with Crippen molar-refractivity contribution in [2.24, 2.45) is 0 Å². The van der Waals surface area contributed by atoms with Gasteiger partial charge in [-0.3, -0.25) is 4.79 Å². The summed E-state index contributed by atoms with van der Waals surface area (Å²) in [6, 6.07) is 9.85. The number of amides is 1. The zero-order valence-corrected chi connectivity index (χ0v) is 10.2. The van der Waals surface area contributed by atoms with Crippen molar-refractivity contribution in [1.82, 2.24) is 5.32 Å². The summed E-state index contributed by atoms with van der Waals surface area (Å²) < 4.78 is 4.85. The van der Waals surface area contributed by atoms with Crippen molar-refractivity contribution in [3.8, 4) is 0 Å². The van der Waals surface area contributed by atoms with Gasteiger partial charge < -0.3 is 10.1 Å². The van der Waals surface area contributed by atoms with Crippen LogP contribution >= 0.6 is 12.6 Å². The first-order chi connectivity index (χ1) is 7.74. The number of hydrogen-bond donors (Lipinski definition) is 2. The molecule has 0 aromatic heterocycles. The van der Waals surface area contributed by atoms with Crippen LogP contribution in [-0.4, -0.2) is 31.4 Å². The molecular weight excluding hydrogens is 222 g/mol. The highest BCUT2D eigenvalue weighted by molar-refractivity contribution is 7.81. The Hall–Kier alpha value is -1.00. The summed E-state index contributed by atoms with van der Waals surface area (Å²) >= 11 is 4.29. The Morgan fingerprint density at radius 3 is 2.75 bits per heavy atom. The van der Waals surface area contributed by atoms with Gasteiger partial charge in [0.05, 0.1) is 11.9 Å². The molecule has 0 aliphatic rings. The van der Waals surface area contributed by atoms with Gasteiger partial charge in [0.15, 0.2) is 0 Å². The molecule has 0 saturated carbocycles. The maximum atomic E-state index is 11.6. The minimum atomic E-state index is -0.306. The lowest BCUT2D eigenvalue weighted by Gasteiger charge is -2.11. The van der Waals surface area contributed by atoms with Crippen molar-refractivity contribution in [1.29, 1.82) is 0 Å². The predicted molar refractivity (Wildman–Crippen MR) is 67.8 cm³/mol. The van der Waals surface area contributed by atoms with E-state index in [1.807, 2.05) is 30.3 Å². The van der Waals surface area contributed by atoms with E-state index in [4.69, 9.17) is 4.74 Å². The summed E-state index contributed by atoms with van der Waals surface area (Å²) in [5.41, 5.74) is 1.12. The molecule has 88 valence electrons. The zero-order chi connectivity index (χ0) is 11.8. The lowest BCUT2D eigenvalue weighted by Crippen LogP contribution is -2.34. The van der Waals surface area contributed by atoms with E-state index in [9.17, 15) is 4.79 Å². The van der Waals surface area contributed by atoms with E-state index in [-0.39, 0.29) is 11.2 Å². The Morgan fingerprint density at radius 2 is 2.12 bits per heavy atom. The molecule has 0 radical (unpaired) electrons. The van der Waals surface area contributed by atoms with E-state index in [1.165, 1.54) is 0 Å². The first-order valence-electron chi connectivity index (χ1n) is 5.22. The van der Waals surface area contributed by atoms with Crippen molar-refractivity contribution >= 4 is 18.5 Å². The lowest BCUT2D eigenvalue weighted by molar-refractivity contribution is -0.120. The molecule has 1 N–H and O–H groups in total. The minimum absolute atomic E-state index is 0.0516. The van der Waals surface area contributed by atoms with Crippen LogP contribution in [0.3, 0.4) is 0 Å². The number of hydrogen-bond acceptors (Lipinski definition) is 3. The van der Waals surface area contributed by atoms with Gasteiger partial charge in [-0.05, 0) is 12.0 Å². The van der Waals surface area contributed by atoms with Crippen LogP contribution in [0.1, 0.15) is 5.56 Å². The molecular formula is C12H17NO2S. The zero-order valence-electron chi connectivity index (χ0n) is 9.35. The van der Waals surface area contributed by atoms with Gasteiger partial charge >= 0.3 is 0 Å². The van der Waals surface area contributed by atoms with E-state index >= 15 is 0 Å². The Morgan fingerprint density at radius 1 is 1.44 bits per heavy atom. The van der Waals surface area contributed by atoms with Crippen LogP contribution in [0.25, 0.3) is 0 Å². The molecule has 0 aliphatic carbocycles. The second-order valence-electron chi connectivity index (χ2n) is 3.49. The van der Waals surface area contributed by atoms with Gasteiger partial charge in [-0.2, -0.15) is 12.6 Å². The number of thiol groups is 1. The number of rotatable bonds is 6. The first kappa shape index (κ1) is 13.1. The number of carbonyl (C=O) groups excluding carboxylic acids is 1. The van der Waals surface area contributed by atoms with Crippen molar-refractivity contribution in [2.45, 2.75) is 11.7 Å². The minimum Gasteiger partial charge on any atom is -0.383 e. The number of methoxy groups -OCH3 is 1. The molecule has 0 aliphatic heterocycles. The maximum Gasteiger partial charge on any atom is 0.233 e. The fourth-order valence-electron chi connectivity index (χ4n) is 1.32. The SMILES string of the molecule is COCCNC(=O)C(S)Cc1ccccc1. The van der Waals surface area contributed by atoms with Gasteiger partial charge in [-0.25, -0.2) is 0 Å². The smallest absolute Gasteiger partial charge is 0.233 e. The van der Waals surface area contributed by atoms with Crippen LogP contribution < -0.4 is 5.32 Å². The molecule has 3 nitrogen and oxygen atoms in total. The quantitative estimate of drug-likeness (QED) is 0.580. The van der Waals surface area contributed by atoms with E-state index in [1.54, 1.807) is 7.11 Å². The van der Waals surface area contributed by atoms with E-state index in [0.29, 0.717) is 19.6 Å². The average molecular weight is 239 g/mol. The molecule has 1 aromatic carbocycles. The van der Waals surface area contributed by atoms with Crippen molar-refractivity contribution in [2.75, 3.05) is 20.3 Å². The molecule has 1 rings (SSSR count). The highest BCUT2D eigenvalue weighted by atomic mass is 32.1. The van der Waals surface area contributed by atoms with Crippen LogP contribution in [0.2, 0.25) is 0 Å². The molecule has 1 aromatic rings. The van der Waals surface area contributed by atoms with Gasteiger partial charge in [0, 0.05) is 13.7 Å². The van der Waals surface area contributed by atoms with Crippen LogP contribution in [0.15, 0.2) is 30.3 Å². The number of ether oxygens (including phenoxy) is 1. The fourth-order valence-corrected chi connectivity index (χ4v) is 1.63. The predicted octanol–water partition coefficient (Wildman–Crippen LogP) is 1.29. The molecule has 0 saturated heterocycles. The second kappa shape index (κ2) is 7.30. The summed E-state index contributed by atoms with van der Waals surface area (Å²) in [5.74, 6) is -0.0516. The third kappa shape index (κ3) is 4.68.